The molecule has 0 aliphatic carbocycles. The Hall–Kier alpha value is -1.81. The zero-order valence-electron chi connectivity index (χ0n) is 10.8. The second kappa shape index (κ2) is 5.90. The molecule has 10 heteroatoms. The molecule has 1 N–H and O–H groups in total. The van der Waals surface area contributed by atoms with Crippen LogP contribution in [-0.2, 0) is 16.4 Å². The van der Waals surface area contributed by atoms with Gasteiger partial charge in [-0.3, -0.25) is 9.48 Å². The van der Waals surface area contributed by atoms with E-state index in [0.717, 1.165) is 17.4 Å². The molecular formula is C11H11F2N3O3S2. The average Bonchev–Trinajstić information content (AvgIpc) is 3.06. The first-order chi connectivity index (χ1) is 9.86. The summed E-state index contributed by atoms with van der Waals surface area (Å²) >= 11 is 0.782. The Morgan fingerprint density at radius 1 is 1.52 bits per heavy atom. The SMILES string of the molecule is CCn1cc(NC(=O)c2sccc2S(=O)(=O)C(F)F)cn1. The molecule has 6 nitrogen and oxygen atoms in total. The van der Waals surface area contributed by atoms with E-state index in [1.165, 1.54) is 11.6 Å². The summed E-state index contributed by atoms with van der Waals surface area (Å²) in [6.45, 7) is 2.45. The number of halogens is 2. The van der Waals surface area contributed by atoms with E-state index in [0.29, 0.717) is 12.2 Å². The van der Waals surface area contributed by atoms with Gasteiger partial charge in [0.15, 0.2) is 0 Å². The first-order valence-electron chi connectivity index (χ1n) is 5.79. The van der Waals surface area contributed by atoms with Crippen LogP contribution >= 0.6 is 11.3 Å². The van der Waals surface area contributed by atoms with Crippen LogP contribution < -0.4 is 5.32 Å². The number of rotatable bonds is 5. The van der Waals surface area contributed by atoms with Crippen LogP contribution in [0.5, 0.6) is 0 Å². The van der Waals surface area contributed by atoms with Gasteiger partial charge in [0.1, 0.15) is 4.88 Å². The number of sulfone groups is 1. The van der Waals surface area contributed by atoms with Crippen LogP contribution in [0.2, 0.25) is 0 Å². The molecule has 2 rings (SSSR count). The summed E-state index contributed by atoms with van der Waals surface area (Å²) in [5.41, 5.74) is 0.357. The standard InChI is InChI=1S/C11H11F2N3O3S2/c1-2-16-6-7(5-14-16)15-10(17)9-8(3-4-20-9)21(18,19)11(12)13/h3-6,11H,2H2,1H3,(H,15,17). The fourth-order valence-electron chi connectivity index (χ4n) is 1.57. The molecule has 2 aromatic heterocycles. The number of alkyl halides is 2. The van der Waals surface area contributed by atoms with Crippen LogP contribution in [0, 0.1) is 0 Å². The van der Waals surface area contributed by atoms with E-state index in [4.69, 9.17) is 0 Å². The molecule has 0 saturated heterocycles. The molecule has 0 radical (unpaired) electrons. The zero-order valence-corrected chi connectivity index (χ0v) is 12.4. The summed E-state index contributed by atoms with van der Waals surface area (Å²) in [7, 11) is -4.81. The fourth-order valence-corrected chi connectivity index (χ4v) is 3.63. The highest BCUT2D eigenvalue weighted by Gasteiger charge is 2.32. The number of aromatic nitrogens is 2. The lowest BCUT2D eigenvalue weighted by Crippen LogP contribution is -2.17. The van der Waals surface area contributed by atoms with Crippen molar-refractivity contribution in [3.8, 4) is 0 Å². The van der Waals surface area contributed by atoms with Gasteiger partial charge in [0.2, 0.25) is 9.84 Å². The second-order valence-corrected chi connectivity index (χ2v) is 6.76. The lowest BCUT2D eigenvalue weighted by molar-refractivity contribution is 0.102. The third kappa shape index (κ3) is 3.10. The highest BCUT2D eigenvalue weighted by atomic mass is 32.2. The largest absolute Gasteiger partial charge is 0.341 e. The number of nitrogens with zero attached hydrogens (tertiary/aromatic N) is 2. The second-order valence-electron chi connectivity index (χ2n) is 3.96. The molecule has 0 aromatic carbocycles. The first-order valence-corrected chi connectivity index (χ1v) is 8.22. The fraction of sp³-hybridized carbons (Fsp3) is 0.273. The van der Waals surface area contributed by atoms with Crippen molar-refractivity contribution in [1.29, 1.82) is 0 Å². The van der Waals surface area contributed by atoms with E-state index in [1.54, 1.807) is 10.9 Å². The number of hydrogen-bond donors (Lipinski definition) is 1. The summed E-state index contributed by atoms with van der Waals surface area (Å²) in [5, 5.41) is 7.64. The maximum atomic E-state index is 12.6. The van der Waals surface area contributed by atoms with Crippen molar-refractivity contribution in [2.45, 2.75) is 24.1 Å². The van der Waals surface area contributed by atoms with Gasteiger partial charge in [0.05, 0.1) is 16.8 Å². The van der Waals surface area contributed by atoms with Gasteiger partial charge in [-0.1, -0.05) is 0 Å². The first kappa shape index (κ1) is 15.6. The normalized spacial score (nSPS) is 11.8. The minimum atomic E-state index is -4.81. The molecule has 0 aliphatic rings. The van der Waals surface area contributed by atoms with E-state index in [-0.39, 0.29) is 4.88 Å². The maximum Gasteiger partial charge on any atom is 0.341 e. The van der Waals surface area contributed by atoms with E-state index in [1.807, 2.05) is 6.92 Å². The Morgan fingerprint density at radius 3 is 2.81 bits per heavy atom. The molecule has 21 heavy (non-hydrogen) atoms. The number of carbonyl (C=O) groups is 1. The molecule has 114 valence electrons. The van der Waals surface area contributed by atoms with Gasteiger partial charge in [0, 0.05) is 12.7 Å². The molecule has 2 heterocycles. The van der Waals surface area contributed by atoms with Crippen molar-refractivity contribution in [2.24, 2.45) is 0 Å². The van der Waals surface area contributed by atoms with Crippen LogP contribution in [0.3, 0.4) is 0 Å². The smallest absolute Gasteiger partial charge is 0.319 e. The Kier molecular flexibility index (Phi) is 4.37. The van der Waals surface area contributed by atoms with Crippen molar-refractivity contribution in [2.75, 3.05) is 5.32 Å². The number of carbonyl (C=O) groups excluding carboxylic acids is 1. The van der Waals surface area contributed by atoms with Gasteiger partial charge in [-0.05, 0) is 18.4 Å². The summed E-state index contributed by atoms with van der Waals surface area (Å²) in [4.78, 5) is 11.1. The van der Waals surface area contributed by atoms with Gasteiger partial charge < -0.3 is 5.32 Å². The van der Waals surface area contributed by atoms with Crippen molar-refractivity contribution >= 4 is 32.8 Å². The Labute approximate surface area is 123 Å². The van der Waals surface area contributed by atoms with E-state index in [2.05, 4.69) is 10.4 Å². The highest BCUT2D eigenvalue weighted by molar-refractivity contribution is 7.92. The van der Waals surface area contributed by atoms with Crippen LogP contribution in [0.25, 0.3) is 0 Å². The van der Waals surface area contributed by atoms with E-state index in [9.17, 15) is 22.0 Å². The van der Waals surface area contributed by atoms with Gasteiger partial charge in [0.25, 0.3) is 5.91 Å². The molecule has 1 amide bonds. The maximum absolute atomic E-state index is 12.6. The van der Waals surface area contributed by atoms with Crippen molar-refractivity contribution in [3.05, 3.63) is 28.7 Å². The molecule has 0 atom stereocenters. The quantitative estimate of drug-likeness (QED) is 0.908. The summed E-state index contributed by atoms with van der Waals surface area (Å²) in [6, 6.07) is 0.997. The van der Waals surface area contributed by atoms with E-state index >= 15 is 0 Å². The Balaban J connectivity index is 2.27. The number of hydrogen-bond acceptors (Lipinski definition) is 5. The van der Waals surface area contributed by atoms with Gasteiger partial charge in [-0.2, -0.15) is 13.9 Å². The molecule has 0 unspecified atom stereocenters. The molecule has 0 aliphatic heterocycles. The lowest BCUT2D eigenvalue weighted by atomic mass is 10.4. The van der Waals surface area contributed by atoms with Crippen molar-refractivity contribution in [1.82, 2.24) is 9.78 Å². The van der Waals surface area contributed by atoms with Gasteiger partial charge >= 0.3 is 5.76 Å². The third-order valence-electron chi connectivity index (χ3n) is 2.59. The number of anilines is 1. The summed E-state index contributed by atoms with van der Waals surface area (Å²) in [6.07, 6.45) is 2.93. The molecule has 0 saturated carbocycles. The molecule has 2 aromatic rings. The van der Waals surface area contributed by atoms with Gasteiger partial charge in [-0.25, -0.2) is 8.42 Å². The number of nitrogens with one attached hydrogen (secondary N) is 1. The zero-order chi connectivity index (χ0) is 15.6. The molecule has 0 fully saturated rings. The molecule has 0 spiro atoms. The highest BCUT2D eigenvalue weighted by Crippen LogP contribution is 2.27. The molecular weight excluding hydrogens is 324 g/mol. The van der Waals surface area contributed by atoms with Gasteiger partial charge in [-0.15, -0.1) is 11.3 Å². The van der Waals surface area contributed by atoms with Crippen LogP contribution in [-0.4, -0.2) is 29.9 Å². The predicted octanol–water partition coefficient (Wildman–Crippen LogP) is 2.21. The number of amides is 1. The number of aryl methyl sites for hydroxylation is 1. The minimum absolute atomic E-state index is 0.278. The summed E-state index contributed by atoms with van der Waals surface area (Å²) in [5.74, 6) is -4.33. The minimum Gasteiger partial charge on any atom is -0.319 e. The third-order valence-corrected chi connectivity index (χ3v) is 5.06. The molecule has 0 bridgehead atoms. The number of thiophene rings is 1. The van der Waals surface area contributed by atoms with Crippen LogP contribution in [0.1, 0.15) is 16.6 Å². The average molecular weight is 335 g/mol. The van der Waals surface area contributed by atoms with E-state index < -0.39 is 26.4 Å². The lowest BCUT2D eigenvalue weighted by Gasteiger charge is -2.05. The monoisotopic (exact) mass is 335 g/mol. The Morgan fingerprint density at radius 2 is 2.24 bits per heavy atom. The van der Waals surface area contributed by atoms with Crippen molar-refractivity contribution < 1.29 is 22.0 Å². The van der Waals surface area contributed by atoms with Crippen molar-refractivity contribution in [3.63, 3.8) is 0 Å². The predicted molar refractivity (Wildman–Crippen MR) is 73.4 cm³/mol. The van der Waals surface area contributed by atoms with Crippen LogP contribution in [0.4, 0.5) is 14.5 Å². The Bertz CT molecular complexity index is 752. The summed E-state index contributed by atoms with van der Waals surface area (Å²) < 4.78 is 49.7. The van der Waals surface area contributed by atoms with Crippen LogP contribution in [0.15, 0.2) is 28.7 Å². The topological polar surface area (TPSA) is 81.1 Å².